The first-order valence-electron chi connectivity index (χ1n) is 7.36. The fraction of sp³-hybridized carbons (Fsp3) is 0.111. The van der Waals surface area contributed by atoms with Crippen molar-refractivity contribution in [3.63, 3.8) is 0 Å². The molecule has 0 saturated heterocycles. The molecule has 0 aliphatic rings. The Labute approximate surface area is 132 Å². The number of hydrogen-bond donors (Lipinski definition) is 1. The highest BCUT2D eigenvalue weighted by molar-refractivity contribution is 6.05. The number of aromatic nitrogens is 4. The van der Waals surface area contributed by atoms with Gasteiger partial charge in [-0.2, -0.15) is 4.98 Å². The smallest absolute Gasteiger partial charge is 0.303 e. The van der Waals surface area contributed by atoms with Crippen LogP contribution in [0.2, 0.25) is 0 Å². The van der Waals surface area contributed by atoms with Crippen LogP contribution in [-0.4, -0.2) is 20.2 Å². The molecule has 0 spiro atoms. The Hall–Kier alpha value is -3.08. The first-order chi connectivity index (χ1) is 11.1. The zero-order valence-electron chi connectivity index (χ0n) is 12.8. The van der Waals surface area contributed by atoms with Gasteiger partial charge in [-0.1, -0.05) is 41.5 Å². The number of H-pyrrole nitrogens is 1. The second-order valence-corrected chi connectivity index (χ2v) is 5.70. The lowest BCUT2D eigenvalue weighted by Crippen LogP contribution is -2.12. The van der Waals surface area contributed by atoms with Gasteiger partial charge >= 0.3 is 5.69 Å². The zero-order valence-corrected chi connectivity index (χ0v) is 12.8. The van der Waals surface area contributed by atoms with Crippen molar-refractivity contribution >= 4 is 21.9 Å². The molecule has 2 heterocycles. The minimum atomic E-state index is -0.385. The first-order valence-corrected chi connectivity index (χ1v) is 7.36. The Balaban J connectivity index is 2.13. The minimum absolute atomic E-state index is 0.385. The van der Waals surface area contributed by atoms with E-state index < -0.39 is 0 Å². The van der Waals surface area contributed by atoms with Crippen molar-refractivity contribution in [2.75, 3.05) is 0 Å². The maximum atomic E-state index is 12.1. The Morgan fingerprint density at radius 2 is 1.65 bits per heavy atom. The van der Waals surface area contributed by atoms with Crippen molar-refractivity contribution in [3.05, 3.63) is 64.1 Å². The van der Waals surface area contributed by atoms with Crippen LogP contribution < -0.4 is 5.69 Å². The molecular weight excluding hydrogens is 288 g/mol. The van der Waals surface area contributed by atoms with Crippen LogP contribution in [0.3, 0.4) is 0 Å². The molecule has 4 rings (SSSR count). The third kappa shape index (κ3) is 2.26. The van der Waals surface area contributed by atoms with Gasteiger partial charge in [0, 0.05) is 10.9 Å². The maximum absolute atomic E-state index is 12.1. The highest BCUT2D eigenvalue weighted by atomic mass is 16.1. The second kappa shape index (κ2) is 4.98. The van der Waals surface area contributed by atoms with Crippen molar-refractivity contribution in [1.29, 1.82) is 0 Å². The summed E-state index contributed by atoms with van der Waals surface area (Å²) in [6.45, 7) is 4.02. The van der Waals surface area contributed by atoms with Gasteiger partial charge in [0.2, 0.25) is 0 Å². The number of aromatic amines is 1. The predicted octanol–water partition coefficient (Wildman–Crippen LogP) is 3.15. The summed E-state index contributed by atoms with van der Waals surface area (Å²) in [5.74, 6) is 0. The Morgan fingerprint density at radius 3 is 2.43 bits per heavy atom. The number of nitrogens with one attached hydrogen (secondary N) is 1. The molecule has 5 heteroatoms. The normalized spacial score (nSPS) is 11.2. The Kier molecular flexibility index (Phi) is 2.94. The Bertz CT molecular complexity index is 1100. The van der Waals surface area contributed by atoms with Crippen LogP contribution in [-0.2, 0) is 0 Å². The lowest BCUT2D eigenvalue weighted by atomic mass is 10.1. The van der Waals surface area contributed by atoms with E-state index in [9.17, 15) is 4.79 Å². The van der Waals surface area contributed by atoms with Crippen molar-refractivity contribution in [2.45, 2.75) is 13.8 Å². The molecule has 112 valence electrons. The lowest BCUT2D eigenvalue weighted by Gasteiger charge is -2.07. The fourth-order valence-corrected chi connectivity index (χ4v) is 2.71. The van der Waals surface area contributed by atoms with Gasteiger partial charge in [-0.15, -0.1) is 10.2 Å². The molecule has 0 atom stereocenters. The summed E-state index contributed by atoms with van der Waals surface area (Å²) in [6, 6.07) is 13.7. The standard InChI is InChI=1S/C18H14N4O/c1-10-3-6-12(7-4-10)15-17-16(20-18(23)19-15)13-9-11(2)5-8-14(13)21-22-17/h3-9H,1-2H3,(H,19,20,23). The summed E-state index contributed by atoms with van der Waals surface area (Å²) in [5, 5.41) is 9.45. The van der Waals surface area contributed by atoms with Gasteiger partial charge in [0.1, 0.15) is 11.2 Å². The molecule has 4 aromatic rings. The number of benzene rings is 2. The molecule has 0 aliphatic heterocycles. The number of nitrogens with zero attached hydrogens (tertiary/aromatic N) is 3. The molecule has 0 radical (unpaired) electrons. The average Bonchev–Trinajstić information content (AvgIpc) is 2.55. The number of hydrogen-bond acceptors (Lipinski definition) is 4. The SMILES string of the molecule is Cc1ccc(-c2nc(=O)[nH]c3c2nnc2ccc(C)cc23)cc1. The summed E-state index contributed by atoms with van der Waals surface area (Å²) < 4.78 is 0. The van der Waals surface area contributed by atoms with Gasteiger partial charge in [0.25, 0.3) is 0 Å². The van der Waals surface area contributed by atoms with Gasteiger partial charge in [-0.3, -0.25) is 0 Å². The van der Waals surface area contributed by atoms with E-state index >= 15 is 0 Å². The van der Waals surface area contributed by atoms with E-state index in [-0.39, 0.29) is 5.69 Å². The van der Waals surface area contributed by atoms with Gasteiger partial charge in [0.15, 0.2) is 0 Å². The van der Waals surface area contributed by atoms with Crippen LogP contribution in [0, 0.1) is 13.8 Å². The zero-order chi connectivity index (χ0) is 16.0. The summed E-state index contributed by atoms with van der Waals surface area (Å²) in [5.41, 5.74) is 5.30. The molecule has 0 unspecified atom stereocenters. The molecular formula is C18H14N4O. The summed E-state index contributed by atoms with van der Waals surface area (Å²) >= 11 is 0. The van der Waals surface area contributed by atoms with Crippen LogP contribution in [0.15, 0.2) is 47.3 Å². The second-order valence-electron chi connectivity index (χ2n) is 5.70. The fourth-order valence-electron chi connectivity index (χ4n) is 2.71. The molecule has 0 bridgehead atoms. The largest absolute Gasteiger partial charge is 0.346 e. The van der Waals surface area contributed by atoms with E-state index in [0.717, 1.165) is 27.6 Å². The topological polar surface area (TPSA) is 71.5 Å². The molecule has 0 fully saturated rings. The van der Waals surface area contributed by atoms with Gasteiger partial charge in [0.05, 0.1) is 11.0 Å². The Morgan fingerprint density at radius 1 is 0.913 bits per heavy atom. The van der Waals surface area contributed by atoms with E-state index in [4.69, 9.17) is 0 Å². The van der Waals surface area contributed by atoms with Crippen molar-refractivity contribution in [2.24, 2.45) is 0 Å². The molecule has 1 N–H and O–H groups in total. The number of rotatable bonds is 1. The molecule has 0 saturated carbocycles. The van der Waals surface area contributed by atoms with E-state index in [1.54, 1.807) is 0 Å². The van der Waals surface area contributed by atoms with Gasteiger partial charge < -0.3 is 4.98 Å². The van der Waals surface area contributed by atoms with E-state index in [1.165, 1.54) is 0 Å². The molecule has 23 heavy (non-hydrogen) atoms. The predicted molar refractivity (Wildman–Crippen MR) is 90.4 cm³/mol. The molecule has 0 amide bonds. The summed E-state index contributed by atoms with van der Waals surface area (Å²) in [4.78, 5) is 19.0. The van der Waals surface area contributed by atoms with Gasteiger partial charge in [-0.25, -0.2) is 4.79 Å². The average molecular weight is 302 g/mol. The van der Waals surface area contributed by atoms with Gasteiger partial charge in [-0.05, 0) is 26.0 Å². The number of fused-ring (bicyclic) bond motifs is 3. The van der Waals surface area contributed by atoms with Crippen molar-refractivity contribution in [3.8, 4) is 11.3 Å². The molecule has 5 nitrogen and oxygen atoms in total. The molecule has 2 aromatic heterocycles. The van der Waals surface area contributed by atoms with Crippen LogP contribution >= 0.6 is 0 Å². The molecule has 0 aliphatic carbocycles. The summed E-state index contributed by atoms with van der Waals surface area (Å²) in [6.07, 6.45) is 0. The first kappa shape index (κ1) is 13.6. The third-order valence-corrected chi connectivity index (χ3v) is 3.91. The summed E-state index contributed by atoms with van der Waals surface area (Å²) in [7, 11) is 0. The van der Waals surface area contributed by atoms with Crippen LogP contribution in [0.25, 0.3) is 33.2 Å². The highest BCUT2D eigenvalue weighted by Gasteiger charge is 2.12. The van der Waals surface area contributed by atoms with Crippen LogP contribution in [0.1, 0.15) is 11.1 Å². The van der Waals surface area contributed by atoms with E-state index in [1.807, 2.05) is 56.3 Å². The van der Waals surface area contributed by atoms with Crippen LogP contribution in [0.5, 0.6) is 0 Å². The monoisotopic (exact) mass is 302 g/mol. The molecule has 2 aromatic carbocycles. The third-order valence-electron chi connectivity index (χ3n) is 3.91. The maximum Gasteiger partial charge on any atom is 0.346 e. The minimum Gasteiger partial charge on any atom is -0.303 e. The van der Waals surface area contributed by atoms with E-state index in [2.05, 4.69) is 20.2 Å². The van der Waals surface area contributed by atoms with E-state index in [0.29, 0.717) is 16.7 Å². The van der Waals surface area contributed by atoms with Crippen LogP contribution in [0.4, 0.5) is 0 Å². The number of aryl methyl sites for hydroxylation is 2. The van der Waals surface area contributed by atoms with Crippen molar-refractivity contribution in [1.82, 2.24) is 20.2 Å². The van der Waals surface area contributed by atoms with Crippen molar-refractivity contribution < 1.29 is 0 Å². The highest BCUT2D eigenvalue weighted by Crippen LogP contribution is 2.27. The quantitative estimate of drug-likeness (QED) is 0.548. The lowest BCUT2D eigenvalue weighted by molar-refractivity contribution is 1.07.